The van der Waals surface area contributed by atoms with Crippen LogP contribution in [0.3, 0.4) is 0 Å². The summed E-state index contributed by atoms with van der Waals surface area (Å²) in [7, 11) is 0. The molecular formula is C36H49N2O10-. The largest absolute Gasteiger partial charge is 0.874 e. The van der Waals surface area contributed by atoms with Crippen LogP contribution in [0.25, 0.3) is 5.57 Å². The summed E-state index contributed by atoms with van der Waals surface area (Å²) in [5.74, 6) is -1.08. The van der Waals surface area contributed by atoms with Crippen molar-refractivity contribution in [1.82, 2.24) is 0 Å². The number of ketones is 1. The van der Waals surface area contributed by atoms with E-state index in [4.69, 9.17) is 37.9 Å². The molecule has 12 heteroatoms. The van der Waals surface area contributed by atoms with Crippen LogP contribution in [0, 0.1) is 0 Å². The number of nitrogens with zero attached hydrogens (tertiary/aromatic N) is 2. The highest BCUT2D eigenvalue weighted by Crippen LogP contribution is 2.42. The van der Waals surface area contributed by atoms with Crippen molar-refractivity contribution < 1.29 is 47.8 Å². The first kappa shape index (κ1) is 36.2. The van der Waals surface area contributed by atoms with Gasteiger partial charge in [-0.15, -0.1) is 5.76 Å². The maximum absolute atomic E-state index is 13.3. The number of anilines is 2. The summed E-state index contributed by atoms with van der Waals surface area (Å²) >= 11 is 0. The van der Waals surface area contributed by atoms with Gasteiger partial charge in [0.2, 0.25) is 0 Å². The van der Waals surface area contributed by atoms with Crippen molar-refractivity contribution in [3.05, 3.63) is 65.4 Å². The topological polar surface area (TPSA) is 120 Å². The van der Waals surface area contributed by atoms with Gasteiger partial charge in [-0.1, -0.05) is 24.3 Å². The number of hydrogen-bond acceptors (Lipinski definition) is 12. The number of ether oxygens (including phenoxy) is 8. The van der Waals surface area contributed by atoms with Gasteiger partial charge in [0.05, 0.1) is 112 Å². The number of rotatable bonds is 4. The molecule has 1 aliphatic carbocycles. The van der Waals surface area contributed by atoms with Crippen molar-refractivity contribution in [2.75, 3.05) is 142 Å². The Hall–Kier alpha value is -3.07. The lowest BCUT2D eigenvalue weighted by Crippen LogP contribution is -2.35. The van der Waals surface area contributed by atoms with Crippen molar-refractivity contribution in [1.29, 1.82) is 0 Å². The molecule has 0 N–H and O–H groups in total. The molecule has 0 saturated carbocycles. The smallest absolute Gasteiger partial charge is 0.173 e. The van der Waals surface area contributed by atoms with E-state index in [0.29, 0.717) is 143 Å². The molecule has 0 bridgehead atoms. The fourth-order valence-electron chi connectivity index (χ4n) is 5.72. The van der Waals surface area contributed by atoms with Crippen LogP contribution in [-0.2, 0) is 42.7 Å². The SMILES string of the molecule is O=C1C(c2ccc(N3CCOCCOCCOCCOCC3)cc2)=C([O-])C1c1ccc(N2CCOCCOCCOCCOCC2)cc1. The third-order valence-electron chi connectivity index (χ3n) is 8.38. The summed E-state index contributed by atoms with van der Waals surface area (Å²) in [6.07, 6.45) is 0. The van der Waals surface area contributed by atoms with Crippen LogP contribution in [0.1, 0.15) is 17.0 Å². The summed E-state index contributed by atoms with van der Waals surface area (Å²) in [5, 5.41) is 13.3. The van der Waals surface area contributed by atoms with Gasteiger partial charge < -0.3 is 52.8 Å². The van der Waals surface area contributed by atoms with Gasteiger partial charge in [-0.3, -0.25) is 4.79 Å². The van der Waals surface area contributed by atoms with Crippen LogP contribution < -0.4 is 14.9 Å². The minimum Gasteiger partial charge on any atom is -0.874 e. The minimum absolute atomic E-state index is 0.151. The fraction of sp³-hybridized carbons (Fsp3) is 0.583. The lowest BCUT2D eigenvalue weighted by molar-refractivity contribution is -0.310. The second kappa shape index (κ2) is 20.4. The van der Waals surface area contributed by atoms with E-state index >= 15 is 0 Å². The van der Waals surface area contributed by atoms with Crippen molar-refractivity contribution in [3.8, 4) is 0 Å². The van der Waals surface area contributed by atoms with Gasteiger partial charge in [-0.2, -0.15) is 0 Å². The van der Waals surface area contributed by atoms with E-state index in [1.807, 2.05) is 48.5 Å². The van der Waals surface area contributed by atoms with E-state index in [1.54, 1.807) is 0 Å². The van der Waals surface area contributed by atoms with Gasteiger partial charge in [-0.05, 0) is 35.4 Å². The molecule has 3 aliphatic rings. The molecule has 1 atom stereocenters. The van der Waals surface area contributed by atoms with Crippen molar-refractivity contribution in [2.45, 2.75) is 5.92 Å². The molecule has 2 fully saturated rings. The fourth-order valence-corrected chi connectivity index (χ4v) is 5.72. The molecular weight excluding hydrogens is 620 g/mol. The first-order valence-electron chi connectivity index (χ1n) is 17.0. The van der Waals surface area contributed by atoms with Gasteiger partial charge in [0.15, 0.2) is 5.78 Å². The van der Waals surface area contributed by atoms with Crippen LogP contribution in [-0.4, -0.2) is 138 Å². The Kier molecular flexibility index (Phi) is 15.4. The number of Topliss-reactive ketones (excluding diaryl/α,β-unsaturated/α-hetero) is 1. The van der Waals surface area contributed by atoms with Crippen LogP contribution in [0.2, 0.25) is 0 Å². The molecule has 2 aromatic rings. The summed E-state index contributed by atoms with van der Waals surface area (Å²) in [4.78, 5) is 17.7. The molecule has 2 heterocycles. The molecule has 12 nitrogen and oxygen atoms in total. The molecule has 264 valence electrons. The molecule has 0 spiro atoms. The molecule has 2 saturated heterocycles. The van der Waals surface area contributed by atoms with Gasteiger partial charge >= 0.3 is 0 Å². The Morgan fingerprint density at radius 2 is 0.771 bits per heavy atom. The highest BCUT2D eigenvalue weighted by Gasteiger charge is 2.35. The predicted molar refractivity (Wildman–Crippen MR) is 179 cm³/mol. The van der Waals surface area contributed by atoms with Crippen LogP contribution in [0.4, 0.5) is 11.4 Å². The van der Waals surface area contributed by atoms with Crippen LogP contribution in [0.5, 0.6) is 0 Å². The molecule has 0 amide bonds. The van der Waals surface area contributed by atoms with Crippen molar-refractivity contribution in [2.24, 2.45) is 0 Å². The summed E-state index contributed by atoms with van der Waals surface area (Å²) < 4.78 is 45.0. The second-order valence-electron chi connectivity index (χ2n) is 11.5. The van der Waals surface area contributed by atoms with E-state index in [9.17, 15) is 9.90 Å². The van der Waals surface area contributed by atoms with Crippen molar-refractivity contribution in [3.63, 3.8) is 0 Å². The van der Waals surface area contributed by atoms with Gasteiger partial charge in [-0.25, -0.2) is 0 Å². The van der Waals surface area contributed by atoms with Crippen LogP contribution >= 0.6 is 0 Å². The van der Waals surface area contributed by atoms with E-state index in [1.165, 1.54) is 0 Å². The Bertz CT molecular complexity index is 1220. The monoisotopic (exact) mass is 669 g/mol. The molecule has 1 unspecified atom stereocenters. The minimum atomic E-state index is -0.780. The zero-order valence-corrected chi connectivity index (χ0v) is 27.8. The van der Waals surface area contributed by atoms with E-state index in [-0.39, 0.29) is 17.1 Å². The summed E-state index contributed by atoms with van der Waals surface area (Å²) in [5.41, 5.74) is 3.54. The molecule has 0 radical (unpaired) electrons. The van der Waals surface area contributed by atoms with E-state index in [0.717, 1.165) is 11.4 Å². The average Bonchev–Trinajstić information content (AvgIpc) is 3.12. The standard InChI is InChI=1S/C36H50N2O10/c39-35-33(29-1-5-31(6-2-29)37-9-13-41-17-21-45-25-26-46-22-18-42-14-10-37)36(40)34(35)30-3-7-32(8-4-30)38-11-15-43-19-23-47-27-28-48-24-20-44-16-12-38/h1-8,33,39H,9-28H2/p-1. The molecule has 2 aliphatic heterocycles. The maximum atomic E-state index is 13.3. The zero-order valence-electron chi connectivity index (χ0n) is 27.8. The molecule has 5 rings (SSSR count). The number of hydrogen-bond donors (Lipinski definition) is 0. The number of carbonyl (C=O) groups is 1. The second-order valence-corrected chi connectivity index (χ2v) is 11.5. The Balaban J connectivity index is 1.19. The lowest BCUT2D eigenvalue weighted by atomic mass is 9.75. The highest BCUT2D eigenvalue weighted by molar-refractivity contribution is 6.31. The van der Waals surface area contributed by atoms with Gasteiger partial charge in [0.25, 0.3) is 0 Å². The van der Waals surface area contributed by atoms with Gasteiger partial charge in [0, 0.05) is 43.1 Å². The van der Waals surface area contributed by atoms with Gasteiger partial charge in [0.1, 0.15) is 0 Å². The predicted octanol–water partition coefficient (Wildman–Crippen LogP) is 1.90. The average molecular weight is 670 g/mol. The van der Waals surface area contributed by atoms with Crippen molar-refractivity contribution >= 4 is 22.7 Å². The Morgan fingerprint density at radius 1 is 0.458 bits per heavy atom. The van der Waals surface area contributed by atoms with E-state index < -0.39 is 5.92 Å². The number of carbonyl (C=O) groups excluding carboxylic acids is 1. The molecule has 0 aromatic heterocycles. The Morgan fingerprint density at radius 3 is 1.10 bits per heavy atom. The molecule has 2 aromatic carbocycles. The summed E-state index contributed by atoms with van der Waals surface area (Å²) in [6.45, 7) is 11.2. The Labute approximate surface area is 283 Å². The third-order valence-corrected chi connectivity index (χ3v) is 8.38. The maximum Gasteiger partial charge on any atom is 0.173 e. The molecule has 48 heavy (non-hydrogen) atoms. The first-order chi connectivity index (χ1) is 23.7. The number of allylic oxidation sites excluding steroid dienone is 2. The van der Waals surface area contributed by atoms with Crippen LogP contribution in [0.15, 0.2) is 54.3 Å². The van der Waals surface area contributed by atoms with E-state index in [2.05, 4.69) is 9.80 Å². The zero-order chi connectivity index (χ0) is 33.2. The lowest BCUT2D eigenvalue weighted by Gasteiger charge is -2.37. The summed E-state index contributed by atoms with van der Waals surface area (Å²) in [6, 6.07) is 15.3. The highest BCUT2D eigenvalue weighted by atomic mass is 16.6. The normalized spacial score (nSPS) is 22.9. The third kappa shape index (κ3) is 11.0. The quantitative estimate of drug-likeness (QED) is 0.473. The first-order valence-corrected chi connectivity index (χ1v) is 17.0. The number of benzene rings is 2.